The Labute approximate surface area is 157 Å². The summed E-state index contributed by atoms with van der Waals surface area (Å²) in [6.07, 6.45) is -0.176. The number of ether oxygens (including phenoxy) is 1. The lowest BCUT2D eigenvalue weighted by Crippen LogP contribution is -2.43. The number of hydrogen-bond donors (Lipinski definition) is 1. The molecule has 6 heteroatoms. The zero-order chi connectivity index (χ0) is 18.4. The molecule has 0 aliphatic carbocycles. The van der Waals surface area contributed by atoms with Gasteiger partial charge in [0.15, 0.2) is 0 Å². The fourth-order valence-corrected chi connectivity index (χ4v) is 4.01. The number of carboxylic acid groups (broad SMARTS) is 1. The maximum absolute atomic E-state index is 12.2. The number of carbonyl (C=O) groups is 2. The molecular weight excluding hydrogens is 350 g/mol. The average Bonchev–Trinajstić information content (AvgIpc) is 3.04. The Morgan fingerprint density at radius 3 is 2.46 bits per heavy atom. The van der Waals surface area contributed by atoms with Crippen LogP contribution in [0.3, 0.4) is 0 Å². The average molecular weight is 371 g/mol. The summed E-state index contributed by atoms with van der Waals surface area (Å²) in [7, 11) is 0. The van der Waals surface area contributed by atoms with Gasteiger partial charge < -0.3 is 9.84 Å². The van der Waals surface area contributed by atoms with Gasteiger partial charge in [-0.05, 0) is 23.3 Å². The van der Waals surface area contributed by atoms with Gasteiger partial charge in [-0.1, -0.05) is 60.7 Å². The van der Waals surface area contributed by atoms with Crippen molar-refractivity contribution in [2.24, 2.45) is 0 Å². The van der Waals surface area contributed by atoms with Crippen molar-refractivity contribution in [1.82, 2.24) is 4.90 Å². The van der Waals surface area contributed by atoms with E-state index in [1.54, 1.807) is 11.8 Å². The summed E-state index contributed by atoms with van der Waals surface area (Å²) in [6.45, 7) is 0.184. The number of thioether (sulfide) groups is 1. The third kappa shape index (κ3) is 4.38. The van der Waals surface area contributed by atoms with Crippen LogP contribution in [0.15, 0.2) is 60.7 Å². The summed E-state index contributed by atoms with van der Waals surface area (Å²) in [6, 6.07) is 18.2. The van der Waals surface area contributed by atoms with E-state index < -0.39 is 18.1 Å². The van der Waals surface area contributed by atoms with Crippen LogP contribution in [0.25, 0.3) is 0 Å². The number of rotatable bonds is 8. The molecule has 0 aromatic heterocycles. The molecule has 1 amide bonds. The summed E-state index contributed by atoms with van der Waals surface area (Å²) in [5.41, 5.74) is 2.09. The van der Waals surface area contributed by atoms with E-state index in [9.17, 15) is 14.7 Å². The molecule has 2 aromatic rings. The molecule has 3 rings (SSSR count). The molecule has 0 saturated carbocycles. The number of carboxylic acids is 1. The number of amides is 1. The molecular formula is C20H21NO4S. The standard InChI is InChI=1S/C20H21NO4S/c22-19(23)17(11-12-26-14-15-7-3-1-4-8-15)21-18(13-25-20(21)24)16-9-5-2-6-10-16/h1-10,17-18H,11-14H2,(H,22,23)/t17-,18+/m0/s1. The summed E-state index contributed by atoms with van der Waals surface area (Å²) < 4.78 is 5.16. The van der Waals surface area contributed by atoms with Crippen LogP contribution >= 0.6 is 11.8 Å². The molecule has 0 spiro atoms. The van der Waals surface area contributed by atoms with Gasteiger partial charge in [-0.2, -0.15) is 11.8 Å². The van der Waals surface area contributed by atoms with Crippen LogP contribution in [0.1, 0.15) is 23.6 Å². The Morgan fingerprint density at radius 1 is 1.15 bits per heavy atom. The lowest BCUT2D eigenvalue weighted by molar-refractivity contribution is -0.142. The SMILES string of the molecule is O=C(O)[C@H](CCSCc1ccccc1)N1C(=O)OC[C@@H]1c1ccccc1. The molecule has 1 heterocycles. The first-order chi connectivity index (χ1) is 12.7. The first-order valence-corrected chi connectivity index (χ1v) is 9.67. The van der Waals surface area contributed by atoms with Gasteiger partial charge in [0.25, 0.3) is 0 Å². The predicted molar refractivity (Wildman–Crippen MR) is 101 cm³/mol. The summed E-state index contributed by atoms with van der Waals surface area (Å²) in [5, 5.41) is 9.67. The Kier molecular flexibility index (Phi) is 6.17. The molecule has 1 fully saturated rings. The van der Waals surface area contributed by atoms with Crippen molar-refractivity contribution in [1.29, 1.82) is 0 Å². The van der Waals surface area contributed by atoms with Crippen molar-refractivity contribution >= 4 is 23.8 Å². The van der Waals surface area contributed by atoms with E-state index in [2.05, 4.69) is 0 Å². The fraction of sp³-hybridized carbons (Fsp3) is 0.300. The van der Waals surface area contributed by atoms with E-state index in [0.717, 1.165) is 11.3 Å². The Morgan fingerprint density at radius 2 is 1.81 bits per heavy atom. The van der Waals surface area contributed by atoms with Gasteiger partial charge in [-0.15, -0.1) is 0 Å². The highest BCUT2D eigenvalue weighted by atomic mass is 32.2. The highest BCUT2D eigenvalue weighted by Gasteiger charge is 2.41. The molecule has 0 bridgehead atoms. The van der Waals surface area contributed by atoms with Gasteiger partial charge in [-0.25, -0.2) is 9.59 Å². The molecule has 26 heavy (non-hydrogen) atoms. The quantitative estimate of drug-likeness (QED) is 0.712. The third-order valence-electron chi connectivity index (χ3n) is 4.36. The summed E-state index contributed by atoms with van der Waals surface area (Å²) in [5.74, 6) is 0.474. The third-order valence-corrected chi connectivity index (χ3v) is 5.43. The van der Waals surface area contributed by atoms with Crippen molar-refractivity contribution in [2.75, 3.05) is 12.4 Å². The smallest absolute Gasteiger partial charge is 0.411 e. The molecule has 1 aliphatic rings. The van der Waals surface area contributed by atoms with E-state index in [-0.39, 0.29) is 12.6 Å². The Bertz CT molecular complexity index is 738. The van der Waals surface area contributed by atoms with E-state index in [0.29, 0.717) is 12.2 Å². The molecule has 1 saturated heterocycles. The van der Waals surface area contributed by atoms with Crippen LogP contribution in [0, 0.1) is 0 Å². The van der Waals surface area contributed by atoms with Crippen LogP contribution in [-0.2, 0) is 15.3 Å². The largest absolute Gasteiger partial charge is 0.480 e. The summed E-state index contributed by atoms with van der Waals surface area (Å²) >= 11 is 1.67. The van der Waals surface area contributed by atoms with Crippen molar-refractivity contribution in [3.05, 3.63) is 71.8 Å². The van der Waals surface area contributed by atoms with E-state index in [4.69, 9.17) is 4.74 Å². The zero-order valence-electron chi connectivity index (χ0n) is 14.3. The maximum Gasteiger partial charge on any atom is 0.411 e. The Hall–Kier alpha value is -2.47. The van der Waals surface area contributed by atoms with Crippen LogP contribution in [-0.4, -0.2) is 40.5 Å². The van der Waals surface area contributed by atoms with Crippen LogP contribution in [0.5, 0.6) is 0 Å². The van der Waals surface area contributed by atoms with Crippen molar-refractivity contribution in [3.8, 4) is 0 Å². The molecule has 0 radical (unpaired) electrons. The minimum absolute atomic E-state index is 0.184. The lowest BCUT2D eigenvalue weighted by atomic mass is 10.0. The Balaban J connectivity index is 1.64. The summed E-state index contributed by atoms with van der Waals surface area (Å²) in [4.78, 5) is 25.4. The van der Waals surface area contributed by atoms with Crippen molar-refractivity contribution in [2.45, 2.75) is 24.3 Å². The maximum atomic E-state index is 12.2. The second kappa shape index (κ2) is 8.76. The van der Waals surface area contributed by atoms with Crippen LogP contribution < -0.4 is 0 Å². The van der Waals surface area contributed by atoms with Gasteiger partial charge in [0.05, 0.1) is 6.04 Å². The highest BCUT2D eigenvalue weighted by Crippen LogP contribution is 2.31. The topological polar surface area (TPSA) is 66.8 Å². The molecule has 1 aliphatic heterocycles. The minimum atomic E-state index is -0.995. The molecule has 136 valence electrons. The number of cyclic esters (lactones) is 1. The van der Waals surface area contributed by atoms with Crippen LogP contribution in [0.2, 0.25) is 0 Å². The van der Waals surface area contributed by atoms with E-state index in [1.165, 1.54) is 10.5 Å². The molecule has 2 aromatic carbocycles. The first kappa shape index (κ1) is 18.3. The van der Waals surface area contributed by atoms with Gasteiger partial charge in [0, 0.05) is 5.75 Å². The first-order valence-electron chi connectivity index (χ1n) is 8.51. The van der Waals surface area contributed by atoms with Crippen LogP contribution in [0.4, 0.5) is 4.79 Å². The predicted octanol–water partition coefficient (Wildman–Crippen LogP) is 3.96. The fourth-order valence-electron chi connectivity index (χ4n) is 3.05. The van der Waals surface area contributed by atoms with Gasteiger partial charge >= 0.3 is 12.1 Å². The second-order valence-corrected chi connectivity index (χ2v) is 7.20. The number of carbonyl (C=O) groups excluding carboxylic acids is 1. The van der Waals surface area contributed by atoms with Crippen molar-refractivity contribution in [3.63, 3.8) is 0 Å². The normalized spacial score (nSPS) is 17.8. The van der Waals surface area contributed by atoms with Gasteiger partial charge in [0.2, 0.25) is 0 Å². The minimum Gasteiger partial charge on any atom is -0.480 e. The monoisotopic (exact) mass is 371 g/mol. The number of hydrogen-bond acceptors (Lipinski definition) is 4. The molecule has 1 N–H and O–H groups in total. The number of nitrogens with zero attached hydrogens (tertiary/aromatic N) is 1. The molecule has 5 nitrogen and oxygen atoms in total. The van der Waals surface area contributed by atoms with Gasteiger partial charge in [0.1, 0.15) is 12.6 Å². The highest BCUT2D eigenvalue weighted by molar-refractivity contribution is 7.98. The second-order valence-electron chi connectivity index (χ2n) is 6.09. The molecule has 0 unspecified atom stereocenters. The van der Waals surface area contributed by atoms with E-state index in [1.807, 2.05) is 60.7 Å². The van der Waals surface area contributed by atoms with Gasteiger partial charge in [-0.3, -0.25) is 4.90 Å². The molecule has 2 atom stereocenters. The number of aliphatic carboxylic acids is 1. The van der Waals surface area contributed by atoms with Crippen molar-refractivity contribution < 1.29 is 19.4 Å². The number of benzene rings is 2. The lowest BCUT2D eigenvalue weighted by Gasteiger charge is -2.28. The van der Waals surface area contributed by atoms with E-state index >= 15 is 0 Å². The zero-order valence-corrected chi connectivity index (χ0v) is 15.1.